The van der Waals surface area contributed by atoms with Crippen molar-refractivity contribution < 1.29 is 4.79 Å². The summed E-state index contributed by atoms with van der Waals surface area (Å²) >= 11 is 0. The number of hydrogen-bond acceptors (Lipinski definition) is 1. The molecule has 0 radical (unpaired) electrons. The zero-order valence-corrected chi connectivity index (χ0v) is 6.94. The summed E-state index contributed by atoms with van der Waals surface area (Å²) in [6.07, 6.45) is 5.46. The fourth-order valence-corrected chi connectivity index (χ4v) is 1.68. The molecule has 0 atom stereocenters. The summed E-state index contributed by atoms with van der Waals surface area (Å²) in [5.41, 5.74) is 0.396. The molecule has 0 unspecified atom stereocenters. The zero-order valence-electron chi connectivity index (χ0n) is 6.94. The van der Waals surface area contributed by atoms with E-state index in [2.05, 4.69) is 13.8 Å². The van der Waals surface area contributed by atoms with E-state index in [-0.39, 0.29) is 0 Å². The van der Waals surface area contributed by atoms with Crippen molar-refractivity contribution in [1.29, 1.82) is 0 Å². The molecule has 10 heavy (non-hydrogen) atoms. The molecule has 0 aromatic rings. The molecule has 1 saturated carbocycles. The van der Waals surface area contributed by atoms with Gasteiger partial charge in [0.05, 0.1) is 0 Å². The topological polar surface area (TPSA) is 17.1 Å². The molecule has 0 aliphatic heterocycles. The maximum Gasteiger partial charge on any atom is 0.134 e. The summed E-state index contributed by atoms with van der Waals surface area (Å²) in [5.74, 6) is 0.457. The fraction of sp³-hybridized carbons (Fsp3) is 0.889. The lowest BCUT2D eigenvalue weighted by molar-refractivity contribution is -0.132. The lowest BCUT2D eigenvalue weighted by atomic mass is 9.67. The molecule has 0 heterocycles. The highest BCUT2D eigenvalue weighted by Crippen LogP contribution is 2.41. The maximum atomic E-state index is 10.7. The van der Waals surface area contributed by atoms with E-state index >= 15 is 0 Å². The molecule has 0 bridgehead atoms. The molecule has 1 nitrogen and oxygen atoms in total. The SMILES string of the molecule is CCCCC1(C)CC(=O)C1. The number of rotatable bonds is 3. The van der Waals surface area contributed by atoms with Crippen molar-refractivity contribution in [3.8, 4) is 0 Å². The first kappa shape index (κ1) is 7.77. The van der Waals surface area contributed by atoms with Crippen LogP contribution >= 0.6 is 0 Å². The second kappa shape index (κ2) is 2.73. The van der Waals surface area contributed by atoms with E-state index in [1.165, 1.54) is 19.3 Å². The van der Waals surface area contributed by atoms with Crippen LogP contribution in [0.15, 0.2) is 0 Å². The minimum atomic E-state index is 0.396. The van der Waals surface area contributed by atoms with Crippen molar-refractivity contribution in [2.45, 2.75) is 46.0 Å². The number of carbonyl (C=O) groups excluding carboxylic acids is 1. The van der Waals surface area contributed by atoms with Crippen LogP contribution in [0.1, 0.15) is 46.0 Å². The van der Waals surface area contributed by atoms with Gasteiger partial charge in [-0.1, -0.05) is 26.7 Å². The van der Waals surface area contributed by atoms with E-state index in [4.69, 9.17) is 0 Å². The summed E-state index contributed by atoms with van der Waals surface area (Å²) in [4.78, 5) is 10.7. The Labute approximate surface area is 62.8 Å². The van der Waals surface area contributed by atoms with Gasteiger partial charge in [-0.3, -0.25) is 4.79 Å². The van der Waals surface area contributed by atoms with Gasteiger partial charge in [-0.15, -0.1) is 0 Å². The molecule has 0 N–H and O–H groups in total. The molecule has 58 valence electrons. The largest absolute Gasteiger partial charge is 0.300 e. The highest BCUT2D eigenvalue weighted by Gasteiger charge is 2.37. The molecule has 1 aliphatic carbocycles. The van der Waals surface area contributed by atoms with Crippen molar-refractivity contribution >= 4 is 5.78 Å². The van der Waals surface area contributed by atoms with Gasteiger partial charge in [0.1, 0.15) is 5.78 Å². The Morgan fingerprint density at radius 2 is 2.10 bits per heavy atom. The second-order valence-corrected chi connectivity index (χ2v) is 3.81. The molecule has 0 amide bonds. The lowest BCUT2D eigenvalue weighted by Crippen LogP contribution is -2.34. The molecule has 1 fully saturated rings. The Balaban J connectivity index is 2.21. The van der Waals surface area contributed by atoms with Crippen molar-refractivity contribution in [1.82, 2.24) is 0 Å². The van der Waals surface area contributed by atoms with E-state index in [0.29, 0.717) is 11.2 Å². The first-order chi connectivity index (χ1) is 4.66. The van der Waals surface area contributed by atoms with Crippen LogP contribution in [0.3, 0.4) is 0 Å². The van der Waals surface area contributed by atoms with Crippen LogP contribution in [0.25, 0.3) is 0 Å². The van der Waals surface area contributed by atoms with Crippen LogP contribution in [-0.2, 0) is 4.79 Å². The third-order valence-corrected chi connectivity index (χ3v) is 2.38. The van der Waals surface area contributed by atoms with Gasteiger partial charge in [0.25, 0.3) is 0 Å². The van der Waals surface area contributed by atoms with Crippen LogP contribution in [0.4, 0.5) is 0 Å². The van der Waals surface area contributed by atoms with Gasteiger partial charge in [0, 0.05) is 12.8 Å². The lowest BCUT2D eigenvalue weighted by Gasteiger charge is -2.36. The van der Waals surface area contributed by atoms with E-state index in [9.17, 15) is 4.79 Å². The molecule has 0 aromatic carbocycles. The first-order valence-electron chi connectivity index (χ1n) is 4.18. The number of ketones is 1. The standard InChI is InChI=1S/C9H16O/c1-3-4-5-9(2)6-8(10)7-9/h3-7H2,1-2H3. The summed E-state index contributed by atoms with van der Waals surface area (Å²) in [5, 5.41) is 0. The van der Waals surface area contributed by atoms with Crippen molar-refractivity contribution in [2.75, 3.05) is 0 Å². The predicted molar refractivity (Wildman–Crippen MR) is 41.9 cm³/mol. The van der Waals surface area contributed by atoms with Crippen LogP contribution in [-0.4, -0.2) is 5.78 Å². The van der Waals surface area contributed by atoms with Crippen molar-refractivity contribution in [2.24, 2.45) is 5.41 Å². The number of Topliss-reactive ketones (excluding diaryl/α,β-unsaturated/α-hetero) is 1. The van der Waals surface area contributed by atoms with E-state index in [1.54, 1.807) is 0 Å². The molecule has 1 heteroatoms. The highest BCUT2D eigenvalue weighted by atomic mass is 16.1. The van der Waals surface area contributed by atoms with Gasteiger partial charge >= 0.3 is 0 Å². The van der Waals surface area contributed by atoms with Gasteiger partial charge in [-0.25, -0.2) is 0 Å². The molecular formula is C9H16O. The average Bonchev–Trinajstić information content (AvgIpc) is 1.81. The quantitative estimate of drug-likeness (QED) is 0.588. The number of hydrogen-bond donors (Lipinski definition) is 0. The normalized spacial score (nSPS) is 22.4. The molecule has 1 aliphatic rings. The maximum absolute atomic E-state index is 10.7. The minimum absolute atomic E-state index is 0.396. The van der Waals surface area contributed by atoms with Crippen LogP contribution in [0, 0.1) is 5.41 Å². The third-order valence-electron chi connectivity index (χ3n) is 2.38. The number of carbonyl (C=O) groups is 1. The van der Waals surface area contributed by atoms with E-state index in [1.807, 2.05) is 0 Å². The van der Waals surface area contributed by atoms with E-state index < -0.39 is 0 Å². The van der Waals surface area contributed by atoms with Gasteiger partial charge in [-0.2, -0.15) is 0 Å². The zero-order chi connectivity index (χ0) is 7.61. The Morgan fingerprint density at radius 3 is 2.50 bits per heavy atom. The Kier molecular flexibility index (Phi) is 2.12. The van der Waals surface area contributed by atoms with Gasteiger partial charge in [-0.05, 0) is 11.8 Å². The first-order valence-corrected chi connectivity index (χ1v) is 4.18. The van der Waals surface area contributed by atoms with Gasteiger partial charge < -0.3 is 0 Å². The molecule has 0 spiro atoms. The predicted octanol–water partition coefficient (Wildman–Crippen LogP) is 2.55. The van der Waals surface area contributed by atoms with Gasteiger partial charge in [0.2, 0.25) is 0 Å². The van der Waals surface area contributed by atoms with Crippen LogP contribution in [0.2, 0.25) is 0 Å². The van der Waals surface area contributed by atoms with Crippen molar-refractivity contribution in [3.63, 3.8) is 0 Å². The Hall–Kier alpha value is -0.330. The van der Waals surface area contributed by atoms with Crippen molar-refractivity contribution in [3.05, 3.63) is 0 Å². The molecule has 0 saturated heterocycles. The highest BCUT2D eigenvalue weighted by molar-refractivity contribution is 5.85. The second-order valence-electron chi connectivity index (χ2n) is 3.81. The Morgan fingerprint density at radius 1 is 1.50 bits per heavy atom. The fourth-order valence-electron chi connectivity index (χ4n) is 1.68. The molecular weight excluding hydrogens is 124 g/mol. The third kappa shape index (κ3) is 1.59. The summed E-state index contributed by atoms with van der Waals surface area (Å²) in [7, 11) is 0. The molecule has 1 rings (SSSR count). The van der Waals surface area contributed by atoms with Crippen LogP contribution in [0.5, 0.6) is 0 Å². The smallest absolute Gasteiger partial charge is 0.134 e. The monoisotopic (exact) mass is 140 g/mol. The summed E-state index contributed by atoms with van der Waals surface area (Å²) < 4.78 is 0. The van der Waals surface area contributed by atoms with E-state index in [0.717, 1.165) is 12.8 Å². The average molecular weight is 140 g/mol. The minimum Gasteiger partial charge on any atom is -0.300 e. The Bertz CT molecular complexity index is 130. The summed E-state index contributed by atoms with van der Waals surface area (Å²) in [6.45, 7) is 4.42. The summed E-state index contributed by atoms with van der Waals surface area (Å²) in [6, 6.07) is 0. The number of unbranched alkanes of at least 4 members (excludes halogenated alkanes) is 1. The van der Waals surface area contributed by atoms with Gasteiger partial charge in [0.15, 0.2) is 0 Å². The van der Waals surface area contributed by atoms with Crippen LogP contribution < -0.4 is 0 Å². The molecule has 0 aromatic heterocycles.